The maximum Gasteiger partial charge on any atom is 0.258 e. The van der Waals surface area contributed by atoms with E-state index in [1.807, 2.05) is 24.3 Å². The lowest BCUT2D eigenvalue weighted by Gasteiger charge is -2.30. The fourth-order valence-corrected chi connectivity index (χ4v) is 5.86. The van der Waals surface area contributed by atoms with Crippen molar-refractivity contribution in [3.05, 3.63) is 70.6 Å². The standard InChI is InChI=1S/C25H29N3O4S/c1-3-19-8-10-20(11-9-19)26-24(29)17-27-16-23(21-6-4-5-7-22(21)25(27)30)33(31,32)28-14-12-18(2)13-15-28/h4-11,16,18H,3,12-15,17H2,1-2H3,(H,26,29). The van der Waals surface area contributed by atoms with Crippen molar-refractivity contribution in [1.29, 1.82) is 0 Å². The van der Waals surface area contributed by atoms with Gasteiger partial charge in [-0.15, -0.1) is 0 Å². The summed E-state index contributed by atoms with van der Waals surface area (Å²) in [6, 6.07) is 14.2. The van der Waals surface area contributed by atoms with E-state index in [0.717, 1.165) is 24.8 Å². The summed E-state index contributed by atoms with van der Waals surface area (Å²) >= 11 is 0. The second kappa shape index (κ2) is 9.49. The van der Waals surface area contributed by atoms with E-state index < -0.39 is 21.5 Å². The minimum atomic E-state index is -3.81. The number of aromatic nitrogens is 1. The Bertz CT molecular complexity index is 1320. The van der Waals surface area contributed by atoms with Gasteiger partial charge in [0.2, 0.25) is 15.9 Å². The summed E-state index contributed by atoms with van der Waals surface area (Å²) in [4.78, 5) is 25.8. The zero-order valence-corrected chi connectivity index (χ0v) is 19.8. The van der Waals surface area contributed by atoms with Crippen molar-refractivity contribution in [2.75, 3.05) is 18.4 Å². The molecule has 174 valence electrons. The summed E-state index contributed by atoms with van der Waals surface area (Å²) in [6.07, 6.45) is 3.82. The minimum absolute atomic E-state index is 0.0624. The first-order chi connectivity index (χ1) is 15.8. The van der Waals surface area contributed by atoms with Crippen molar-refractivity contribution in [2.24, 2.45) is 5.92 Å². The molecule has 3 aromatic rings. The van der Waals surface area contributed by atoms with Crippen LogP contribution in [0.25, 0.3) is 10.8 Å². The van der Waals surface area contributed by atoms with Crippen LogP contribution in [0.3, 0.4) is 0 Å². The molecule has 1 aliphatic rings. The Morgan fingerprint density at radius 1 is 1.03 bits per heavy atom. The zero-order valence-electron chi connectivity index (χ0n) is 19.0. The summed E-state index contributed by atoms with van der Waals surface area (Å²) in [6.45, 7) is 4.79. The number of carbonyl (C=O) groups is 1. The molecule has 33 heavy (non-hydrogen) atoms. The summed E-state index contributed by atoms with van der Waals surface area (Å²) < 4.78 is 29.7. The van der Waals surface area contributed by atoms with Crippen molar-refractivity contribution in [3.63, 3.8) is 0 Å². The van der Waals surface area contributed by atoms with E-state index in [1.54, 1.807) is 24.3 Å². The first-order valence-corrected chi connectivity index (χ1v) is 12.7. The highest BCUT2D eigenvalue weighted by Crippen LogP contribution is 2.27. The summed E-state index contributed by atoms with van der Waals surface area (Å²) in [5.74, 6) is 0.0870. The maximum atomic E-state index is 13.5. The molecule has 1 fully saturated rings. The van der Waals surface area contributed by atoms with Crippen LogP contribution in [0.4, 0.5) is 5.69 Å². The Kier molecular flexibility index (Phi) is 6.67. The molecule has 0 unspecified atom stereocenters. The molecule has 2 heterocycles. The molecule has 4 rings (SSSR count). The fraction of sp³-hybridized carbons (Fsp3) is 0.360. The number of anilines is 1. The third-order valence-electron chi connectivity index (χ3n) is 6.28. The quantitative estimate of drug-likeness (QED) is 0.600. The lowest BCUT2D eigenvalue weighted by atomic mass is 10.0. The number of amides is 1. The van der Waals surface area contributed by atoms with Gasteiger partial charge in [-0.05, 0) is 48.9 Å². The number of fused-ring (bicyclic) bond motifs is 1. The lowest BCUT2D eigenvalue weighted by molar-refractivity contribution is -0.116. The average Bonchev–Trinajstić information content (AvgIpc) is 2.81. The Morgan fingerprint density at radius 2 is 1.67 bits per heavy atom. The van der Waals surface area contributed by atoms with E-state index in [2.05, 4.69) is 19.2 Å². The Morgan fingerprint density at radius 3 is 2.30 bits per heavy atom. The number of nitrogens with one attached hydrogen (secondary N) is 1. The van der Waals surface area contributed by atoms with Crippen LogP contribution in [0, 0.1) is 5.92 Å². The maximum absolute atomic E-state index is 13.5. The number of rotatable bonds is 6. The largest absolute Gasteiger partial charge is 0.325 e. The van der Waals surface area contributed by atoms with Crippen molar-refractivity contribution < 1.29 is 13.2 Å². The van der Waals surface area contributed by atoms with E-state index in [-0.39, 0.29) is 16.8 Å². The highest BCUT2D eigenvalue weighted by atomic mass is 32.2. The Labute approximate surface area is 194 Å². The predicted molar refractivity (Wildman–Crippen MR) is 130 cm³/mol. The first kappa shape index (κ1) is 23.2. The van der Waals surface area contributed by atoms with Crippen molar-refractivity contribution in [2.45, 2.75) is 44.6 Å². The normalized spacial score (nSPS) is 15.6. The number of aryl methyl sites for hydroxylation is 1. The average molecular weight is 468 g/mol. The van der Waals surface area contributed by atoms with Gasteiger partial charge in [-0.25, -0.2) is 8.42 Å². The van der Waals surface area contributed by atoms with Gasteiger partial charge in [0, 0.05) is 35.7 Å². The van der Waals surface area contributed by atoms with E-state index in [4.69, 9.17) is 0 Å². The number of nitrogens with zero attached hydrogens (tertiary/aromatic N) is 2. The molecule has 0 aliphatic carbocycles. The van der Waals surface area contributed by atoms with E-state index in [0.29, 0.717) is 30.1 Å². The molecule has 0 bridgehead atoms. The van der Waals surface area contributed by atoms with E-state index >= 15 is 0 Å². The van der Waals surface area contributed by atoms with E-state index in [9.17, 15) is 18.0 Å². The number of sulfonamides is 1. The second-order valence-corrected chi connectivity index (χ2v) is 10.6. The molecule has 8 heteroatoms. The van der Waals surface area contributed by atoms with Crippen LogP contribution in [0.2, 0.25) is 0 Å². The highest BCUT2D eigenvalue weighted by molar-refractivity contribution is 7.89. The van der Waals surface area contributed by atoms with Crippen molar-refractivity contribution >= 4 is 32.4 Å². The van der Waals surface area contributed by atoms with Crippen LogP contribution >= 0.6 is 0 Å². The van der Waals surface area contributed by atoms with Crippen LogP contribution < -0.4 is 10.9 Å². The predicted octanol–water partition coefficient (Wildman–Crippen LogP) is 3.62. The SMILES string of the molecule is CCc1ccc(NC(=O)Cn2cc(S(=O)(=O)N3CCC(C)CC3)c3ccccc3c2=O)cc1. The highest BCUT2D eigenvalue weighted by Gasteiger charge is 2.30. The zero-order chi connectivity index (χ0) is 23.6. The molecule has 1 saturated heterocycles. The number of carbonyl (C=O) groups excluding carboxylic acids is 1. The van der Waals surface area contributed by atoms with Crippen LogP contribution in [0.1, 0.15) is 32.3 Å². The first-order valence-electron chi connectivity index (χ1n) is 11.3. The number of benzene rings is 2. The fourth-order valence-electron chi connectivity index (χ4n) is 4.18. The van der Waals surface area contributed by atoms with Gasteiger partial charge < -0.3 is 9.88 Å². The molecule has 1 amide bonds. The molecule has 1 aliphatic heterocycles. The number of piperidine rings is 1. The molecule has 0 spiro atoms. The third-order valence-corrected chi connectivity index (χ3v) is 8.20. The molecule has 1 aromatic heterocycles. The van der Waals surface area contributed by atoms with Crippen LogP contribution in [-0.4, -0.2) is 36.3 Å². The molecule has 0 atom stereocenters. The Hall–Kier alpha value is -2.97. The second-order valence-electron chi connectivity index (χ2n) is 8.66. The summed E-state index contributed by atoms with van der Waals surface area (Å²) in [7, 11) is -3.81. The monoisotopic (exact) mass is 467 g/mol. The van der Waals surface area contributed by atoms with Crippen molar-refractivity contribution in [1.82, 2.24) is 8.87 Å². The number of pyridine rings is 1. The van der Waals surface area contributed by atoms with Gasteiger partial charge in [0.05, 0.1) is 0 Å². The van der Waals surface area contributed by atoms with Crippen LogP contribution in [-0.2, 0) is 27.8 Å². The summed E-state index contributed by atoms with van der Waals surface area (Å²) in [5.41, 5.74) is 1.38. The Balaban J connectivity index is 1.68. The number of hydrogen-bond acceptors (Lipinski definition) is 4. The molecule has 1 N–H and O–H groups in total. The molecule has 0 radical (unpaired) electrons. The molecular formula is C25H29N3O4S. The molecule has 2 aromatic carbocycles. The topological polar surface area (TPSA) is 88.5 Å². The van der Waals surface area contributed by atoms with Gasteiger partial charge in [-0.1, -0.05) is 44.2 Å². The van der Waals surface area contributed by atoms with Crippen molar-refractivity contribution in [3.8, 4) is 0 Å². The number of hydrogen-bond donors (Lipinski definition) is 1. The lowest BCUT2D eigenvalue weighted by Crippen LogP contribution is -2.38. The van der Waals surface area contributed by atoms with Gasteiger partial charge in [0.25, 0.3) is 5.56 Å². The van der Waals surface area contributed by atoms with Gasteiger partial charge >= 0.3 is 0 Å². The molecule has 0 saturated carbocycles. The smallest absolute Gasteiger partial charge is 0.258 e. The van der Waals surface area contributed by atoms with Gasteiger partial charge in [-0.3, -0.25) is 9.59 Å². The van der Waals surface area contributed by atoms with Crippen LogP contribution in [0.15, 0.2) is 64.4 Å². The molecule has 7 nitrogen and oxygen atoms in total. The van der Waals surface area contributed by atoms with Gasteiger partial charge in [-0.2, -0.15) is 4.31 Å². The van der Waals surface area contributed by atoms with Gasteiger partial charge in [0.1, 0.15) is 11.4 Å². The minimum Gasteiger partial charge on any atom is -0.325 e. The molecular weight excluding hydrogens is 438 g/mol. The van der Waals surface area contributed by atoms with Gasteiger partial charge in [0.15, 0.2) is 0 Å². The summed E-state index contributed by atoms with van der Waals surface area (Å²) in [5, 5.41) is 3.45. The third kappa shape index (κ3) is 4.86. The van der Waals surface area contributed by atoms with Crippen LogP contribution in [0.5, 0.6) is 0 Å². The van der Waals surface area contributed by atoms with E-state index in [1.165, 1.54) is 15.1 Å².